The lowest BCUT2D eigenvalue weighted by Gasteiger charge is -2.30. The number of nitrogens with one attached hydrogen (secondary N) is 1. The van der Waals surface area contributed by atoms with Gasteiger partial charge in [0.15, 0.2) is 0 Å². The van der Waals surface area contributed by atoms with Gasteiger partial charge in [-0.1, -0.05) is 34.8 Å². The molecule has 1 saturated heterocycles. The van der Waals surface area contributed by atoms with E-state index < -0.39 is 10.2 Å². The summed E-state index contributed by atoms with van der Waals surface area (Å²) in [5.41, 5.74) is 5.82. The lowest BCUT2D eigenvalue weighted by atomic mass is 9.99. The molecule has 9 heteroatoms. The van der Waals surface area contributed by atoms with Crippen LogP contribution in [0.2, 0.25) is 15.1 Å². The van der Waals surface area contributed by atoms with Crippen LogP contribution in [-0.4, -0.2) is 32.4 Å². The molecule has 21 heavy (non-hydrogen) atoms. The van der Waals surface area contributed by atoms with Crippen LogP contribution in [0.5, 0.6) is 0 Å². The molecule has 0 spiro atoms. The van der Waals surface area contributed by atoms with Gasteiger partial charge in [0.2, 0.25) is 0 Å². The molecule has 5 nitrogen and oxygen atoms in total. The predicted octanol–water partition coefficient (Wildman–Crippen LogP) is 2.97. The first kappa shape index (κ1) is 17.1. The fourth-order valence-electron chi connectivity index (χ4n) is 2.19. The van der Waals surface area contributed by atoms with Crippen LogP contribution in [-0.2, 0) is 10.2 Å². The summed E-state index contributed by atoms with van der Waals surface area (Å²) in [6.07, 6.45) is 1.51. The van der Waals surface area contributed by atoms with Crippen molar-refractivity contribution in [3.63, 3.8) is 0 Å². The number of rotatable bonds is 4. The number of piperidine rings is 1. The Bertz CT molecular complexity index is 616. The van der Waals surface area contributed by atoms with Crippen molar-refractivity contribution >= 4 is 50.7 Å². The van der Waals surface area contributed by atoms with Crippen LogP contribution >= 0.6 is 34.8 Å². The highest BCUT2D eigenvalue weighted by Gasteiger charge is 2.28. The molecule has 1 aromatic rings. The first-order chi connectivity index (χ1) is 9.83. The summed E-state index contributed by atoms with van der Waals surface area (Å²) in [4.78, 5) is 0. The summed E-state index contributed by atoms with van der Waals surface area (Å²) < 4.78 is 28.5. The van der Waals surface area contributed by atoms with Gasteiger partial charge in [0, 0.05) is 13.1 Å². The van der Waals surface area contributed by atoms with E-state index in [0.29, 0.717) is 25.6 Å². The average molecular weight is 373 g/mol. The van der Waals surface area contributed by atoms with Gasteiger partial charge in [0.1, 0.15) is 0 Å². The Labute approximate surface area is 139 Å². The predicted molar refractivity (Wildman–Crippen MR) is 87.4 cm³/mol. The van der Waals surface area contributed by atoms with E-state index in [2.05, 4.69) is 4.72 Å². The summed E-state index contributed by atoms with van der Waals surface area (Å²) in [7, 11) is -3.66. The van der Waals surface area contributed by atoms with Crippen LogP contribution in [0, 0.1) is 5.92 Å². The molecular formula is C12H16Cl3N3O2S. The Hall–Kier alpha value is -0.240. The van der Waals surface area contributed by atoms with E-state index in [0.717, 1.165) is 12.8 Å². The molecule has 1 aliphatic rings. The molecule has 1 aliphatic heterocycles. The number of hydrogen-bond donors (Lipinski definition) is 2. The minimum absolute atomic E-state index is 0.199. The van der Waals surface area contributed by atoms with Gasteiger partial charge < -0.3 is 5.73 Å². The minimum atomic E-state index is -3.66. The number of halogens is 3. The van der Waals surface area contributed by atoms with Gasteiger partial charge in [-0.05, 0) is 37.4 Å². The minimum Gasteiger partial charge on any atom is -0.330 e. The van der Waals surface area contributed by atoms with Crippen LogP contribution in [0.25, 0.3) is 0 Å². The fraction of sp³-hybridized carbons (Fsp3) is 0.500. The van der Waals surface area contributed by atoms with Crippen LogP contribution in [0.3, 0.4) is 0 Å². The molecule has 0 amide bonds. The van der Waals surface area contributed by atoms with Gasteiger partial charge in [0.25, 0.3) is 0 Å². The lowest BCUT2D eigenvalue weighted by molar-refractivity contribution is 0.280. The van der Waals surface area contributed by atoms with E-state index in [1.807, 2.05) is 0 Å². The molecule has 0 atom stereocenters. The van der Waals surface area contributed by atoms with Crippen molar-refractivity contribution in [2.75, 3.05) is 24.4 Å². The molecule has 2 rings (SSSR count). The first-order valence-electron chi connectivity index (χ1n) is 6.46. The summed E-state index contributed by atoms with van der Waals surface area (Å²) in [5, 5.41) is 0.707. The highest BCUT2D eigenvalue weighted by molar-refractivity contribution is 7.90. The fourth-order valence-corrected chi connectivity index (χ4v) is 4.11. The van der Waals surface area contributed by atoms with Crippen molar-refractivity contribution in [1.82, 2.24) is 4.31 Å². The smallest absolute Gasteiger partial charge is 0.301 e. The molecular weight excluding hydrogens is 357 g/mol. The first-order valence-corrected chi connectivity index (χ1v) is 9.03. The third kappa shape index (κ3) is 4.15. The van der Waals surface area contributed by atoms with E-state index in [9.17, 15) is 8.42 Å². The van der Waals surface area contributed by atoms with Crippen molar-refractivity contribution in [2.24, 2.45) is 11.7 Å². The largest absolute Gasteiger partial charge is 0.330 e. The van der Waals surface area contributed by atoms with Gasteiger partial charge in [-0.25, -0.2) is 0 Å². The molecule has 1 aromatic carbocycles. The van der Waals surface area contributed by atoms with Crippen LogP contribution < -0.4 is 10.5 Å². The Balaban J connectivity index is 2.13. The normalized spacial score (nSPS) is 17.9. The van der Waals surface area contributed by atoms with Crippen molar-refractivity contribution in [3.05, 3.63) is 27.2 Å². The standard InChI is InChI=1S/C12H16Cl3N3O2S/c13-9-5-11(15)12(6-10(9)14)17-21(19,20)18-3-1-8(7-16)2-4-18/h5-6,8,17H,1-4,7,16H2. The molecule has 118 valence electrons. The highest BCUT2D eigenvalue weighted by atomic mass is 35.5. The van der Waals surface area contributed by atoms with Crippen LogP contribution in [0.15, 0.2) is 12.1 Å². The lowest BCUT2D eigenvalue weighted by Crippen LogP contribution is -2.42. The SMILES string of the molecule is NCC1CCN(S(=O)(=O)Nc2cc(Cl)c(Cl)cc2Cl)CC1. The molecule has 0 bridgehead atoms. The maximum Gasteiger partial charge on any atom is 0.301 e. The van der Waals surface area contributed by atoms with Gasteiger partial charge in [-0.2, -0.15) is 12.7 Å². The van der Waals surface area contributed by atoms with Gasteiger partial charge in [-0.15, -0.1) is 0 Å². The van der Waals surface area contributed by atoms with Crippen molar-refractivity contribution < 1.29 is 8.42 Å². The van der Waals surface area contributed by atoms with Crippen molar-refractivity contribution in [1.29, 1.82) is 0 Å². The third-order valence-electron chi connectivity index (χ3n) is 3.50. The number of anilines is 1. The van der Waals surface area contributed by atoms with Gasteiger partial charge in [0.05, 0.1) is 20.8 Å². The Morgan fingerprint density at radius 3 is 2.29 bits per heavy atom. The zero-order valence-corrected chi connectivity index (χ0v) is 14.2. The summed E-state index contributed by atoms with van der Waals surface area (Å²) in [6, 6.07) is 2.81. The molecule has 0 radical (unpaired) electrons. The topological polar surface area (TPSA) is 75.4 Å². The van der Waals surface area contributed by atoms with E-state index in [1.54, 1.807) is 0 Å². The van der Waals surface area contributed by atoms with E-state index >= 15 is 0 Å². The molecule has 1 heterocycles. The zero-order chi connectivity index (χ0) is 15.6. The maximum absolute atomic E-state index is 12.3. The Morgan fingerprint density at radius 1 is 1.14 bits per heavy atom. The second-order valence-electron chi connectivity index (χ2n) is 4.93. The van der Waals surface area contributed by atoms with Gasteiger partial charge >= 0.3 is 10.2 Å². The summed E-state index contributed by atoms with van der Waals surface area (Å²) in [5.74, 6) is 0.380. The Morgan fingerprint density at radius 2 is 1.71 bits per heavy atom. The highest BCUT2D eigenvalue weighted by Crippen LogP contribution is 2.33. The van der Waals surface area contributed by atoms with Crippen LogP contribution in [0.4, 0.5) is 5.69 Å². The number of nitrogens with two attached hydrogens (primary N) is 1. The summed E-state index contributed by atoms with van der Waals surface area (Å²) in [6.45, 7) is 1.46. The van der Waals surface area contributed by atoms with Crippen molar-refractivity contribution in [3.8, 4) is 0 Å². The maximum atomic E-state index is 12.3. The van der Waals surface area contributed by atoms with E-state index in [1.165, 1.54) is 16.4 Å². The Kier molecular flexibility index (Phi) is 5.62. The monoisotopic (exact) mass is 371 g/mol. The third-order valence-corrected chi connectivity index (χ3v) is 6.05. The zero-order valence-electron chi connectivity index (χ0n) is 11.2. The van der Waals surface area contributed by atoms with Gasteiger partial charge in [-0.3, -0.25) is 4.72 Å². The average Bonchev–Trinajstić information content (AvgIpc) is 2.44. The number of nitrogens with zero attached hydrogens (tertiary/aromatic N) is 1. The summed E-state index contributed by atoms with van der Waals surface area (Å²) >= 11 is 17.7. The second-order valence-corrected chi connectivity index (χ2v) is 7.82. The van der Waals surface area contributed by atoms with Crippen LogP contribution in [0.1, 0.15) is 12.8 Å². The van der Waals surface area contributed by atoms with E-state index in [4.69, 9.17) is 40.5 Å². The molecule has 3 N–H and O–H groups in total. The van der Waals surface area contributed by atoms with E-state index in [-0.39, 0.29) is 20.8 Å². The quantitative estimate of drug-likeness (QED) is 0.798. The molecule has 1 fully saturated rings. The van der Waals surface area contributed by atoms with Crippen molar-refractivity contribution in [2.45, 2.75) is 12.8 Å². The number of benzene rings is 1. The number of hydrogen-bond acceptors (Lipinski definition) is 3. The second kappa shape index (κ2) is 6.89. The molecule has 0 aliphatic carbocycles. The molecule has 0 saturated carbocycles. The molecule has 0 aromatic heterocycles. The molecule has 0 unspecified atom stereocenters.